The molecule has 0 saturated carbocycles. The Hall–Kier alpha value is -2.01. The van der Waals surface area contributed by atoms with Gasteiger partial charge in [-0.2, -0.15) is 5.10 Å². The van der Waals surface area contributed by atoms with Gasteiger partial charge in [-0.05, 0) is 24.3 Å². The number of aromatic nitrogens is 2. The van der Waals surface area contributed by atoms with E-state index in [1.807, 2.05) is 0 Å². The van der Waals surface area contributed by atoms with E-state index in [4.69, 9.17) is 23.1 Å². The van der Waals surface area contributed by atoms with E-state index in [1.165, 1.54) is 10.9 Å². The van der Waals surface area contributed by atoms with E-state index in [2.05, 4.69) is 5.10 Å². The third kappa shape index (κ3) is 1.72. The molecule has 1 amide bonds. The van der Waals surface area contributed by atoms with Crippen LogP contribution in [0.2, 0.25) is 5.02 Å². The zero-order chi connectivity index (χ0) is 11.7. The van der Waals surface area contributed by atoms with Crippen molar-refractivity contribution < 1.29 is 4.79 Å². The molecule has 1 heterocycles. The van der Waals surface area contributed by atoms with Crippen LogP contribution in [0.25, 0.3) is 5.69 Å². The first-order valence-electron chi connectivity index (χ1n) is 4.49. The molecule has 0 radical (unpaired) electrons. The van der Waals surface area contributed by atoms with Crippen LogP contribution in [0.4, 0.5) is 5.82 Å². The van der Waals surface area contributed by atoms with Crippen molar-refractivity contribution in [1.29, 1.82) is 0 Å². The van der Waals surface area contributed by atoms with Gasteiger partial charge in [-0.1, -0.05) is 11.6 Å². The lowest BCUT2D eigenvalue weighted by molar-refractivity contribution is 0.100. The third-order valence-corrected chi connectivity index (χ3v) is 2.40. The van der Waals surface area contributed by atoms with Crippen molar-refractivity contribution in [3.05, 3.63) is 41.0 Å². The molecule has 1 aromatic carbocycles. The molecule has 0 aliphatic carbocycles. The highest BCUT2D eigenvalue weighted by Gasteiger charge is 2.12. The van der Waals surface area contributed by atoms with Crippen LogP contribution in [-0.2, 0) is 0 Å². The number of hydrogen-bond donors (Lipinski definition) is 2. The summed E-state index contributed by atoms with van der Waals surface area (Å²) in [5, 5.41) is 4.60. The van der Waals surface area contributed by atoms with Crippen LogP contribution in [0, 0.1) is 0 Å². The molecule has 2 rings (SSSR count). The first-order chi connectivity index (χ1) is 7.59. The Morgan fingerprint density at radius 3 is 2.44 bits per heavy atom. The Morgan fingerprint density at radius 2 is 1.94 bits per heavy atom. The van der Waals surface area contributed by atoms with Gasteiger partial charge in [0.05, 0.1) is 11.9 Å². The predicted octanol–water partition coefficient (Wildman–Crippen LogP) is 1.21. The zero-order valence-electron chi connectivity index (χ0n) is 8.22. The molecule has 0 saturated heterocycles. The van der Waals surface area contributed by atoms with Crippen molar-refractivity contribution in [2.24, 2.45) is 5.73 Å². The summed E-state index contributed by atoms with van der Waals surface area (Å²) in [7, 11) is 0. The van der Waals surface area contributed by atoms with Crippen molar-refractivity contribution in [3.63, 3.8) is 0 Å². The summed E-state index contributed by atoms with van der Waals surface area (Å²) in [6.45, 7) is 0. The monoisotopic (exact) mass is 236 g/mol. The maximum Gasteiger partial charge on any atom is 0.254 e. The van der Waals surface area contributed by atoms with Gasteiger partial charge in [-0.15, -0.1) is 0 Å². The fraction of sp³-hybridized carbons (Fsp3) is 0. The molecule has 6 heteroatoms. The topological polar surface area (TPSA) is 86.9 Å². The second-order valence-corrected chi connectivity index (χ2v) is 3.63. The Bertz CT molecular complexity index is 532. The number of halogens is 1. The predicted molar refractivity (Wildman–Crippen MR) is 61.5 cm³/mol. The van der Waals surface area contributed by atoms with Crippen molar-refractivity contribution in [2.45, 2.75) is 0 Å². The highest BCUT2D eigenvalue weighted by atomic mass is 35.5. The first-order valence-corrected chi connectivity index (χ1v) is 4.86. The molecule has 0 atom stereocenters. The molecule has 0 fully saturated rings. The number of carbonyl (C=O) groups excluding carboxylic acids is 1. The van der Waals surface area contributed by atoms with Crippen LogP contribution in [0.3, 0.4) is 0 Å². The first kappa shape index (κ1) is 10.5. The second-order valence-electron chi connectivity index (χ2n) is 3.20. The van der Waals surface area contributed by atoms with Crippen LogP contribution in [0.15, 0.2) is 30.5 Å². The minimum Gasteiger partial charge on any atom is -0.383 e. The third-order valence-electron chi connectivity index (χ3n) is 2.14. The molecule has 0 aliphatic rings. The highest BCUT2D eigenvalue weighted by molar-refractivity contribution is 6.30. The fourth-order valence-electron chi connectivity index (χ4n) is 1.34. The molecule has 0 bridgehead atoms. The molecule has 1 aromatic heterocycles. The van der Waals surface area contributed by atoms with E-state index in [-0.39, 0.29) is 11.4 Å². The van der Waals surface area contributed by atoms with E-state index in [0.717, 1.165) is 5.69 Å². The van der Waals surface area contributed by atoms with E-state index in [0.29, 0.717) is 5.02 Å². The van der Waals surface area contributed by atoms with Crippen LogP contribution in [0.1, 0.15) is 10.4 Å². The maximum atomic E-state index is 11.0. The van der Waals surface area contributed by atoms with Crippen molar-refractivity contribution in [2.75, 3.05) is 5.73 Å². The largest absolute Gasteiger partial charge is 0.383 e. The summed E-state index contributed by atoms with van der Waals surface area (Å²) in [4.78, 5) is 11.0. The molecule has 5 nitrogen and oxygen atoms in total. The van der Waals surface area contributed by atoms with E-state index in [1.54, 1.807) is 24.3 Å². The summed E-state index contributed by atoms with van der Waals surface area (Å²) in [6.07, 6.45) is 1.34. The standard InChI is InChI=1S/C10H9ClN4O/c11-6-1-3-7(4-2-6)15-9(12)8(5-14-15)10(13)16/h1-5H,12H2,(H2,13,16). The number of benzene rings is 1. The lowest BCUT2D eigenvalue weighted by Crippen LogP contribution is -2.13. The molecular weight excluding hydrogens is 228 g/mol. The number of nitrogens with two attached hydrogens (primary N) is 2. The Kier molecular flexibility index (Phi) is 2.54. The summed E-state index contributed by atoms with van der Waals surface area (Å²) < 4.78 is 1.43. The number of carbonyl (C=O) groups is 1. The number of nitrogens with zero attached hydrogens (tertiary/aromatic N) is 2. The summed E-state index contributed by atoms with van der Waals surface area (Å²) >= 11 is 5.76. The SMILES string of the molecule is NC(=O)c1cnn(-c2ccc(Cl)cc2)c1N. The Balaban J connectivity index is 2.49. The van der Waals surface area contributed by atoms with E-state index >= 15 is 0 Å². The van der Waals surface area contributed by atoms with E-state index < -0.39 is 5.91 Å². The normalized spacial score (nSPS) is 10.3. The molecule has 0 aliphatic heterocycles. The van der Waals surface area contributed by atoms with Crippen LogP contribution < -0.4 is 11.5 Å². The molecule has 82 valence electrons. The van der Waals surface area contributed by atoms with Gasteiger partial charge >= 0.3 is 0 Å². The van der Waals surface area contributed by atoms with Crippen molar-refractivity contribution in [3.8, 4) is 5.69 Å². The molecule has 0 spiro atoms. The van der Waals surface area contributed by atoms with Gasteiger partial charge in [0.1, 0.15) is 11.4 Å². The molecule has 16 heavy (non-hydrogen) atoms. The molecular formula is C10H9ClN4O. The smallest absolute Gasteiger partial charge is 0.254 e. The van der Waals surface area contributed by atoms with Gasteiger partial charge < -0.3 is 11.5 Å². The average molecular weight is 237 g/mol. The Morgan fingerprint density at radius 1 is 1.31 bits per heavy atom. The van der Waals surface area contributed by atoms with Crippen LogP contribution in [-0.4, -0.2) is 15.7 Å². The van der Waals surface area contributed by atoms with Gasteiger partial charge in [0.25, 0.3) is 5.91 Å². The highest BCUT2D eigenvalue weighted by Crippen LogP contribution is 2.18. The summed E-state index contributed by atoms with van der Waals surface area (Å²) in [5.74, 6) is -0.382. The quantitative estimate of drug-likeness (QED) is 0.822. The second kappa shape index (κ2) is 3.86. The minimum absolute atomic E-state index is 0.204. The van der Waals surface area contributed by atoms with E-state index in [9.17, 15) is 4.79 Å². The van der Waals surface area contributed by atoms with Gasteiger partial charge in [0.15, 0.2) is 0 Å². The zero-order valence-corrected chi connectivity index (χ0v) is 8.98. The number of amides is 1. The summed E-state index contributed by atoms with van der Waals surface area (Å²) in [5.41, 5.74) is 11.8. The lowest BCUT2D eigenvalue weighted by atomic mass is 10.3. The van der Waals surface area contributed by atoms with Crippen molar-refractivity contribution in [1.82, 2.24) is 9.78 Å². The summed E-state index contributed by atoms with van der Waals surface area (Å²) in [6, 6.07) is 6.91. The lowest BCUT2D eigenvalue weighted by Gasteiger charge is -2.04. The minimum atomic E-state index is -0.599. The van der Waals surface area contributed by atoms with Gasteiger partial charge in [-0.3, -0.25) is 4.79 Å². The van der Waals surface area contributed by atoms with Crippen LogP contribution >= 0.6 is 11.6 Å². The number of rotatable bonds is 2. The number of anilines is 1. The molecule has 0 unspecified atom stereocenters. The fourth-order valence-corrected chi connectivity index (χ4v) is 1.46. The number of primary amides is 1. The Labute approximate surface area is 96.6 Å². The molecule has 2 aromatic rings. The van der Waals surface area contributed by atoms with Gasteiger partial charge in [0.2, 0.25) is 0 Å². The van der Waals surface area contributed by atoms with Gasteiger partial charge in [0, 0.05) is 5.02 Å². The molecule has 4 N–H and O–H groups in total. The van der Waals surface area contributed by atoms with Gasteiger partial charge in [-0.25, -0.2) is 4.68 Å². The van der Waals surface area contributed by atoms with Crippen LogP contribution in [0.5, 0.6) is 0 Å². The average Bonchev–Trinajstić information content (AvgIpc) is 2.61. The van der Waals surface area contributed by atoms with Crippen molar-refractivity contribution >= 4 is 23.3 Å². The maximum absolute atomic E-state index is 11.0. The number of hydrogen-bond acceptors (Lipinski definition) is 3. The number of nitrogen functional groups attached to an aromatic ring is 1.